The van der Waals surface area contributed by atoms with E-state index < -0.39 is 29.0 Å². The van der Waals surface area contributed by atoms with Crippen LogP contribution in [0, 0.1) is 17.7 Å². The molecular weight excluding hydrogens is 727 g/mol. The third-order valence-corrected chi connectivity index (χ3v) is 10.4. The van der Waals surface area contributed by atoms with Crippen molar-refractivity contribution in [3.63, 3.8) is 0 Å². The largest absolute Gasteiger partial charge is 2.00 e. The van der Waals surface area contributed by atoms with Crippen LogP contribution in [0.4, 0.5) is 18.9 Å². The molecule has 2 aliphatic rings. The Balaban J connectivity index is 0.000000633. The van der Waals surface area contributed by atoms with Gasteiger partial charge in [0.05, 0.1) is 21.8 Å². The Hall–Kier alpha value is -1.02. The van der Waals surface area contributed by atoms with Gasteiger partial charge in [0.15, 0.2) is 0 Å². The molecule has 0 bridgehead atoms. The predicted molar refractivity (Wildman–Crippen MR) is 172 cm³/mol. The summed E-state index contributed by atoms with van der Waals surface area (Å²) in [4.78, 5) is 13.3. The number of rotatable bonds is 14. The SMILES string of the molecule is CC(CCN1CC(OC(F)F)C1)[C@H](CSc1ccc(F)cc1)C(C)Nc1c(Cl)cc([S-](=O)=O)cc1Cl.C[C@]1([C-]=O)CCCCO1.[Mn+2]. The number of thioether (sulfide) groups is 1. The second kappa shape index (κ2) is 19.8. The third kappa shape index (κ3) is 13.1. The molecule has 1 radical (unpaired) electrons. The Morgan fingerprint density at radius 1 is 1.15 bits per heavy atom. The monoisotopic (exact) mass is 765 g/mol. The average molecular weight is 767 g/mol. The number of carbonyl (C=O) groups excluding carboxylic acids is 1. The maximum Gasteiger partial charge on any atom is 2.00 e. The summed E-state index contributed by atoms with van der Waals surface area (Å²) < 4.78 is 70.4. The number of alkyl halides is 2. The molecular formula is C31H39Cl2F3MnN2O5S2. The molecule has 0 spiro atoms. The predicted octanol–water partition coefficient (Wildman–Crippen LogP) is 8.01. The summed E-state index contributed by atoms with van der Waals surface area (Å²) in [6.07, 6.45) is 5.31. The number of ether oxygens (including phenoxy) is 2. The Kier molecular flexibility index (Phi) is 17.8. The summed E-state index contributed by atoms with van der Waals surface area (Å²) >= 11 is 14.3. The zero-order chi connectivity index (χ0) is 33.1. The molecule has 0 aliphatic carbocycles. The van der Waals surface area contributed by atoms with Crippen LogP contribution in [-0.2, 0) is 50.5 Å². The van der Waals surface area contributed by atoms with Crippen LogP contribution in [0.2, 0.25) is 10.0 Å². The molecule has 0 amide bonds. The summed E-state index contributed by atoms with van der Waals surface area (Å²) in [5, 5.41) is 3.77. The van der Waals surface area contributed by atoms with Crippen LogP contribution < -0.4 is 5.32 Å². The van der Waals surface area contributed by atoms with Crippen molar-refractivity contribution in [3.05, 3.63) is 52.3 Å². The van der Waals surface area contributed by atoms with E-state index in [4.69, 9.17) is 27.9 Å². The van der Waals surface area contributed by atoms with Gasteiger partial charge in [0.25, 0.3) is 0 Å². The van der Waals surface area contributed by atoms with Crippen LogP contribution in [0.1, 0.15) is 46.5 Å². The van der Waals surface area contributed by atoms with Gasteiger partial charge in [-0.25, -0.2) is 10.7 Å². The van der Waals surface area contributed by atoms with Crippen LogP contribution in [0.3, 0.4) is 0 Å². The Morgan fingerprint density at radius 2 is 1.78 bits per heavy atom. The second-order valence-corrected chi connectivity index (χ2v) is 14.4. The van der Waals surface area contributed by atoms with Gasteiger partial charge in [0.1, 0.15) is 5.82 Å². The summed E-state index contributed by atoms with van der Waals surface area (Å²) in [5.41, 5.74) is -0.128. The van der Waals surface area contributed by atoms with E-state index in [2.05, 4.69) is 21.9 Å². The molecule has 2 fully saturated rings. The van der Waals surface area contributed by atoms with E-state index in [9.17, 15) is 26.4 Å². The van der Waals surface area contributed by atoms with Crippen molar-refractivity contribution in [2.45, 2.75) is 80.6 Å². The molecule has 46 heavy (non-hydrogen) atoms. The average Bonchev–Trinajstić information content (AvgIpc) is 2.97. The molecule has 2 unspecified atom stereocenters. The number of nitrogens with zero attached hydrogens (tertiary/aromatic N) is 1. The minimum absolute atomic E-state index is 0. The summed E-state index contributed by atoms with van der Waals surface area (Å²) in [6, 6.07) is 8.91. The number of nitrogens with one attached hydrogen (secondary N) is 1. The van der Waals surface area contributed by atoms with E-state index >= 15 is 0 Å². The van der Waals surface area contributed by atoms with Gasteiger partial charge in [-0.2, -0.15) is 8.78 Å². The molecule has 4 rings (SSSR count). The minimum Gasteiger partial charge on any atom is -0.539 e. The molecule has 2 aromatic carbocycles. The van der Waals surface area contributed by atoms with E-state index in [0.29, 0.717) is 25.4 Å². The number of halogens is 5. The number of hydrogen-bond donors (Lipinski definition) is 1. The van der Waals surface area contributed by atoms with Gasteiger partial charge < -0.3 is 28.0 Å². The first kappa shape index (κ1) is 41.2. The van der Waals surface area contributed by atoms with Gasteiger partial charge in [-0.3, -0.25) is 4.90 Å². The van der Waals surface area contributed by atoms with Crippen LogP contribution >= 0.6 is 35.0 Å². The van der Waals surface area contributed by atoms with Gasteiger partial charge in [-0.1, -0.05) is 60.5 Å². The van der Waals surface area contributed by atoms with Gasteiger partial charge in [0, 0.05) is 36.4 Å². The zero-order valence-corrected chi connectivity index (χ0v) is 30.1. The van der Waals surface area contributed by atoms with E-state index in [1.807, 2.05) is 13.2 Å². The van der Waals surface area contributed by atoms with Crippen LogP contribution in [0.25, 0.3) is 0 Å². The molecule has 2 aliphatic heterocycles. The van der Waals surface area contributed by atoms with Crippen LogP contribution in [0.15, 0.2) is 46.2 Å². The van der Waals surface area contributed by atoms with Gasteiger partial charge in [-0.15, -0.1) is 11.8 Å². The molecule has 2 heterocycles. The van der Waals surface area contributed by atoms with Crippen molar-refractivity contribution in [1.29, 1.82) is 0 Å². The standard InChI is InChI=1S/C24H28Cl2F3N2O3S2.C7H11O2.Mn/c1-14(7-8-31-11-17(12-31)34-24(28)29)20(13-35-18-5-3-16(27)4-6-18)15(2)30-23-21(25)9-19(36(32)33)10-22(23)26;1-7(6-8)4-2-3-5-9-7;/h3-6,9-10,14-15,17,20,24,30H,7-8,11-13H2,1-2H3;2-5H2,1H3;/q2*-1;+2/t14?,15?,20-;7-;/m01./s1. The maximum absolute atomic E-state index is 13.3. The number of likely N-dealkylation sites (tertiary alicyclic amines) is 1. The molecule has 1 N–H and O–H groups in total. The zero-order valence-electron chi connectivity index (χ0n) is 25.8. The smallest absolute Gasteiger partial charge is 0.539 e. The molecule has 7 nitrogen and oxygen atoms in total. The third-order valence-electron chi connectivity index (χ3n) is 8.01. The molecule has 15 heteroatoms. The maximum atomic E-state index is 13.3. The Labute approximate surface area is 296 Å². The number of hydrogen-bond acceptors (Lipinski definition) is 9. The first-order valence-electron chi connectivity index (χ1n) is 14.7. The first-order valence-corrected chi connectivity index (χ1v) is 17.5. The Morgan fingerprint density at radius 3 is 2.28 bits per heavy atom. The van der Waals surface area contributed by atoms with Crippen LogP contribution in [0.5, 0.6) is 0 Å². The normalized spacial score (nSPS) is 20.6. The van der Waals surface area contributed by atoms with Gasteiger partial charge in [0.2, 0.25) is 0 Å². The number of benzene rings is 2. The fraction of sp³-hybridized carbons (Fsp3) is 0.581. The van der Waals surface area contributed by atoms with E-state index in [1.165, 1.54) is 24.3 Å². The summed E-state index contributed by atoms with van der Waals surface area (Å²) in [5.74, 6) is 0.766. The van der Waals surface area contributed by atoms with E-state index in [0.717, 1.165) is 42.9 Å². The van der Waals surface area contributed by atoms with E-state index in [1.54, 1.807) is 30.8 Å². The quantitative estimate of drug-likeness (QED) is 0.0897. The van der Waals surface area contributed by atoms with Crippen LogP contribution in [-0.4, -0.2) is 67.5 Å². The molecule has 257 valence electrons. The van der Waals surface area contributed by atoms with Crippen molar-refractivity contribution in [3.8, 4) is 0 Å². The second-order valence-electron chi connectivity index (χ2n) is 11.5. The minimum atomic E-state index is -2.75. The first-order chi connectivity index (χ1) is 21.3. The molecule has 0 saturated carbocycles. The summed E-state index contributed by atoms with van der Waals surface area (Å²) in [6.45, 7) is 5.61. The van der Waals surface area contributed by atoms with Crippen molar-refractivity contribution in [2.24, 2.45) is 11.8 Å². The van der Waals surface area contributed by atoms with Gasteiger partial charge >= 0.3 is 23.7 Å². The molecule has 2 saturated heterocycles. The van der Waals surface area contributed by atoms with Crippen molar-refractivity contribution < 1.29 is 52.9 Å². The van der Waals surface area contributed by atoms with Gasteiger partial charge in [-0.05, 0) is 85.1 Å². The molecule has 4 atom stereocenters. The molecule has 2 aromatic rings. The van der Waals surface area contributed by atoms with Crippen molar-refractivity contribution in [2.75, 3.05) is 37.3 Å². The molecule has 0 aromatic heterocycles. The summed E-state index contributed by atoms with van der Waals surface area (Å²) in [7, 11) is -2.45. The van der Waals surface area contributed by atoms with E-state index in [-0.39, 0.29) is 55.7 Å². The Bertz CT molecular complexity index is 1290. The fourth-order valence-electron chi connectivity index (χ4n) is 5.19. The fourth-order valence-corrected chi connectivity index (χ4v) is 7.68. The number of anilines is 1. The topological polar surface area (TPSA) is 84.9 Å². The van der Waals surface area contributed by atoms with Crippen molar-refractivity contribution >= 4 is 57.6 Å². The van der Waals surface area contributed by atoms with Crippen molar-refractivity contribution in [1.82, 2.24) is 4.90 Å².